The van der Waals surface area contributed by atoms with Gasteiger partial charge in [0, 0.05) is 42.4 Å². The number of ether oxygens (including phenoxy) is 2. The molecular weight excluding hydrogens is 520 g/mol. The van der Waals surface area contributed by atoms with Crippen molar-refractivity contribution >= 4 is 23.7 Å². The summed E-state index contributed by atoms with van der Waals surface area (Å²) >= 11 is 0. The van der Waals surface area contributed by atoms with Crippen molar-refractivity contribution in [2.75, 3.05) is 6.61 Å². The van der Waals surface area contributed by atoms with Crippen LogP contribution in [0, 0.1) is 29.1 Å². The van der Waals surface area contributed by atoms with E-state index in [1.54, 1.807) is 26.0 Å². The smallest absolute Gasteiger partial charge is 0.338 e. The Morgan fingerprint density at radius 3 is 2.20 bits per heavy atom. The van der Waals surface area contributed by atoms with Gasteiger partial charge in [-0.25, -0.2) is 9.59 Å². The molecule has 10 heteroatoms. The number of Topliss-reactive ketones (excluding diaryl/α,β-unsaturated/α-hetero) is 1. The van der Waals surface area contributed by atoms with E-state index in [0.717, 1.165) is 0 Å². The average molecular weight is 555 g/mol. The molecule has 5 rings (SSSR count). The molecule has 0 aromatic heterocycles. The number of aliphatic hydroxyl groups excluding tert-OH is 1. The minimum atomic E-state index is -2.02. The van der Waals surface area contributed by atoms with E-state index in [0.29, 0.717) is 5.57 Å². The van der Waals surface area contributed by atoms with Gasteiger partial charge in [-0.1, -0.05) is 32.9 Å². The standard InChI is InChI=1S/C30H34O10/c1-14-10-21-28(37,23(14)33)12-17(13-31)11-20-22-27(4,5)30(22,40-16(3)32)24(15(2)29(20,21)38)39-26(36)19-8-6-18(7-9-19)25(34)35/h6-11,15,20-22,24,31,37-38H,12-13H2,1-5H3,(H,34,35)/t15-,20+,21-,22-,24-,28-,29-,30-/m1/s1. The largest absolute Gasteiger partial charge is 0.478 e. The van der Waals surface area contributed by atoms with Crippen molar-refractivity contribution in [3.63, 3.8) is 0 Å². The number of carboxylic acid groups (broad SMARTS) is 1. The fraction of sp³-hybridized carbons (Fsp3) is 0.533. The van der Waals surface area contributed by atoms with Gasteiger partial charge in [0.1, 0.15) is 11.7 Å². The molecular formula is C30H34O10. The third-order valence-corrected chi connectivity index (χ3v) is 9.87. The highest BCUT2D eigenvalue weighted by molar-refractivity contribution is 6.05. The summed E-state index contributed by atoms with van der Waals surface area (Å²) in [6, 6.07) is 5.16. The van der Waals surface area contributed by atoms with Crippen LogP contribution < -0.4 is 0 Å². The average Bonchev–Trinajstić information content (AvgIpc) is 3.31. The van der Waals surface area contributed by atoms with Crippen LogP contribution in [-0.2, 0) is 19.1 Å². The van der Waals surface area contributed by atoms with E-state index in [1.165, 1.54) is 31.2 Å². The van der Waals surface area contributed by atoms with Crippen LogP contribution in [0.15, 0.2) is 47.6 Å². The molecule has 0 heterocycles. The predicted molar refractivity (Wildman–Crippen MR) is 139 cm³/mol. The zero-order valence-electron chi connectivity index (χ0n) is 23.0. The highest BCUT2D eigenvalue weighted by Crippen LogP contribution is 2.77. The minimum absolute atomic E-state index is 0.0169. The van der Waals surface area contributed by atoms with Gasteiger partial charge in [-0.05, 0) is 42.3 Å². The highest BCUT2D eigenvalue weighted by Gasteiger charge is 2.87. The molecule has 8 atom stereocenters. The molecule has 1 aromatic rings. The molecule has 0 spiro atoms. The summed E-state index contributed by atoms with van der Waals surface area (Å²) in [7, 11) is 0. The summed E-state index contributed by atoms with van der Waals surface area (Å²) in [5, 5.41) is 43.8. The SMILES string of the molecule is CC(=O)O[C@@]12[C@H](OC(=O)c3ccc(C(=O)O)cc3)[C@@H](C)[C@@]3(O)[C@@H](C=C(CO)C[C@]4(O)C(=O)C(C)=C[C@@H]34)[C@@H]1C2(C)C. The lowest BCUT2D eigenvalue weighted by atomic mass is 9.59. The lowest BCUT2D eigenvalue weighted by molar-refractivity contribution is -0.219. The number of hydrogen-bond donors (Lipinski definition) is 4. The number of carbonyl (C=O) groups excluding carboxylic acids is 3. The van der Waals surface area contributed by atoms with Gasteiger partial charge < -0.3 is 29.9 Å². The molecule has 0 unspecified atom stereocenters. The van der Waals surface area contributed by atoms with Gasteiger partial charge in [-0.2, -0.15) is 0 Å². The summed E-state index contributed by atoms with van der Waals surface area (Å²) in [5.74, 6) is -6.53. The van der Waals surface area contributed by atoms with E-state index < -0.39 is 82.3 Å². The van der Waals surface area contributed by atoms with Gasteiger partial charge in [0.25, 0.3) is 0 Å². The second-order valence-corrected chi connectivity index (χ2v) is 12.2. The van der Waals surface area contributed by atoms with Gasteiger partial charge >= 0.3 is 17.9 Å². The summed E-state index contributed by atoms with van der Waals surface area (Å²) in [5.41, 5.74) is -5.32. The summed E-state index contributed by atoms with van der Waals surface area (Å²) in [4.78, 5) is 50.3. The molecule has 1 aromatic carbocycles. The maximum atomic E-state index is 13.4. The van der Waals surface area contributed by atoms with E-state index in [-0.39, 0.29) is 23.1 Å². The van der Waals surface area contributed by atoms with Crippen LogP contribution in [0.2, 0.25) is 0 Å². The zero-order chi connectivity index (χ0) is 29.6. The van der Waals surface area contributed by atoms with E-state index in [2.05, 4.69) is 0 Å². The third kappa shape index (κ3) is 3.52. The van der Waals surface area contributed by atoms with Crippen LogP contribution in [0.3, 0.4) is 0 Å². The molecule has 0 aliphatic heterocycles. The normalized spacial score (nSPS) is 39.0. The molecule has 40 heavy (non-hydrogen) atoms. The second-order valence-electron chi connectivity index (χ2n) is 12.2. The number of benzene rings is 1. The molecule has 214 valence electrons. The molecule has 0 saturated heterocycles. The first-order valence-electron chi connectivity index (χ1n) is 13.3. The Kier molecular flexibility index (Phi) is 6.22. The van der Waals surface area contributed by atoms with Gasteiger partial charge in [0.15, 0.2) is 11.4 Å². The van der Waals surface area contributed by atoms with Crippen molar-refractivity contribution < 1.29 is 49.1 Å². The fourth-order valence-electron chi connectivity index (χ4n) is 7.99. The van der Waals surface area contributed by atoms with E-state index >= 15 is 0 Å². The first kappa shape index (κ1) is 28.2. The Morgan fingerprint density at radius 1 is 1.05 bits per heavy atom. The molecule has 2 fully saturated rings. The fourth-order valence-corrected chi connectivity index (χ4v) is 7.99. The van der Waals surface area contributed by atoms with Gasteiger partial charge in [0.2, 0.25) is 0 Å². The molecule has 0 radical (unpaired) electrons. The predicted octanol–water partition coefficient (Wildman–Crippen LogP) is 2.06. The van der Waals surface area contributed by atoms with Crippen LogP contribution in [0.5, 0.6) is 0 Å². The number of aromatic carboxylic acids is 1. The molecule has 0 amide bonds. The number of fused-ring (bicyclic) bond motifs is 5. The van der Waals surface area contributed by atoms with Crippen LogP contribution in [0.4, 0.5) is 0 Å². The Bertz CT molecular complexity index is 1370. The number of hydrogen-bond acceptors (Lipinski definition) is 9. The number of carboxylic acids is 1. The van der Waals surface area contributed by atoms with Crippen LogP contribution in [-0.4, -0.2) is 73.6 Å². The monoisotopic (exact) mass is 554 g/mol. The molecule has 4 aliphatic rings. The number of aliphatic hydroxyl groups is 3. The summed E-state index contributed by atoms with van der Waals surface area (Å²) in [6.07, 6.45) is 1.86. The minimum Gasteiger partial charge on any atom is -0.478 e. The lowest BCUT2D eigenvalue weighted by Gasteiger charge is -2.53. The summed E-state index contributed by atoms with van der Waals surface area (Å²) in [6.45, 7) is 7.68. The first-order valence-corrected chi connectivity index (χ1v) is 13.3. The number of rotatable bonds is 5. The molecule has 2 saturated carbocycles. The quantitative estimate of drug-likeness (QED) is 0.312. The van der Waals surface area contributed by atoms with Crippen LogP contribution in [0.25, 0.3) is 0 Å². The second kappa shape index (κ2) is 8.83. The van der Waals surface area contributed by atoms with Gasteiger partial charge in [0.05, 0.1) is 23.3 Å². The van der Waals surface area contributed by atoms with Crippen molar-refractivity contribution in [2.45, 2.75) is 63.9 Å². The van der Waals surface area contributed by atoms with Crippen LogP contribution in [0.1, 0.15) is 61.8 Å². The third-order valence-electron chi connectivity index (χ3n) is 9.87. The van der Waals surface area contributed by atoms with Crippen molar-refractivity contribution in [3.05, 3.63) is 58.7 Å². The first-order chi connectivity index (χ1) is 18.6. The van der Waals surface area contributed by atoms with Crippen molar-refractivity contribution in [3.8, 4) is 0 Å². The lowest BCUT2D eigenvalue weighted by Crippen LogP contribution is -2.66. The van der Waals surface area contributed by atoms with E-state index in [4.69, 9.17) is 9.47 Å². The number of ketones is 1. The highest BCUT2D eigenvalue weighted by atomic mass is 16.6. The Balaban J connectivity index is 1.66. The molecule has 4 N–H and O–H groups in total. The van der Waals surface area contributed by atoms with Crippen LogP contribution >= 0.6 is 0 Å². The topological polar surface area (TPSA) is 168 Å². The maximum Gasteiger partial charge on any atom is 0.338 e. The van der Waals surface area contributed by atoms with Crippen molar-refractivity contribution in [1.82, 2.24) is 0 Å². The zero-order valence-corrected chi connectivity index (χ0v) is 23.0. The number of esters is 2. The van der Waals surface area contributed by atoms with Crippen molar-refractivity contribution in [2.24, 2.45) is 29.1 Å². The van der Waals surface area contributed by atoms with E-state index in [9.17, 15) is 39.6 Å². The van der Waals surface area contributed by atoms with E-state index in [1.807, 2.05) is 13.8 Å². The number of carbonyl (C=O) groups is 4. The van der Waals surface area contributed by atoms with Gasteiger partial charge in [-0.15, -0.1) is 0 Å². The Labute approximate surface area is 231 Å². The molecule has 10 nitrogen and oxygen atoms in total. The van der Waals surface area contributed by atoms with Gasteiger partial charge in [-0.3, -0.25) is 9.59 Å². The Morgan fingerprint density at radius 2 is 1.65 bits per heavy atom. The molecule has 4 aliphatic carbocycles. The van der Waals surface area contributed by atoms with Crippen molar-refractivity contribution in [1.29, 1.82) is 0 Å². The maximum absolute atomic E-state index is 13.4. The Hall–Kier alpha value is -3.34. The molecule has 0 bridgehead atoms. The summed E-state index contributed by atoms with van der Waals surface area (Å²) < 4.78 is 12.0.